The van der Waals surface area contributed by atoms with Crippen LogP contribution in [-0.2, 0) is 17.6 Å². The average Bonchev–Trinajstić information content (AvgIpc) is 3.05. The van der Waals surface area contributed by atoms with Crippen molar-refractivity contribution in [2.24, 2.45) is 23.2 Å². The number of carbonyl (C=O) groups is 1. The van der Waals surface area contributed by atoms with Crippen molar-refractivity contribution in [1.82, 2.24) is 4.98 Å². The molecule has 122 valence electrons. The molecule has 2 bridgehead atoms. The molecule has 1 heterocycles. The van der Waals surface area contributed by atoms with E-state index in [1.807, 2.05) is 0 Å². The van der Waals surface area contributed by atoms with Gasteiger partial charge in [-0.15, -0.1) is 11.3 Å². The highest BCUT2D eigenvalue weighted by molar-refractivity contribution is 7.15. The van der Waals surface area contributed by atoms with E-state index in [0.717, 1.165) is 24.4 Å². The third-order valence-electron chi connectivity index (χ3n) is 6.63. The van der Waals surface area contributed by atoms with Gasteiger partial charge in [-0.05, 0) is 62.2 Å². The maximum Gasteiger partial charge on any atom is 0.229 e. The summed E-state index contributed by atoms with van der Waals surface area (Å²) in [5.41, 5.74) is 1.73. The van der Waals surface area contributed by atoms with Gasteiger partial charge in [-0.2, -0.15) is 0 Å². The van der Waals surface area contributed by atoms with E-state index >= 15 is 0 Å². The molecule has 0 aliphatic heterocycles. The topological polar surface area (TPSA) is 42.0 Å². The van der Waals surface area contributed by atoms with E-state index in [1.54, 1.807) is 11.3 Å². The molecule has 1 N–H and O–H groups in total. The first-order valence-corrected chi connectivity index (χ1v) is 10.1. The summed E-state index contributed by atoms with van der Waals surface area (Å²) in [7, 11) is 0. The van der Waals surface area contributed by atoms with Crippen LogP contribution in [-0.4, -0.2) is 10.9 Å². The van der Waals surface area contributed by atoms with Crippen LogP contribution >= 0.6 is 11.3 Å². The molecule has 0 aromatic carbocycles. The molecule has 4 aliphatic rings. The van der Waals surface area contributed by atoms with Crippen molar-refractivity contribution in [3.8, 4) is 0 Å². The minimum Gasteiger partial charge on any atom is -0.302 e. The van der Waals surface area contributed by atoms with Gasteiger partial charge in [0.15, 0.2) is 5.13 Å². The van der Waals surface area contributed by atoms with Crippen LogP contribution in [0.25, 0.3) is 0 Å². The van der Waals surface area contributed by atoms with Crippen molar-refractivity contribution >= 4 is 22.4 Å². The smallest absolute Gasteiger partial charge is 0.229 e. The van der Waals surface area contributed by atoms with E-state index in [0.29, 0.717) is 17.3 Å². The van der Waals surface area contributed by atoms with Crippen LogP contribution in [0.4, 0.5) is 5.13 Å². The summed E-state index contributed by atoms with van der Waals surface area (Å²) in [6.07, 6.45) is 15.8. The normalized spacial score (nSPS) is 33.3. The maximum absolute atomic E-state index is 12.8. The Labute approximate surface area is 141 Å². The van der Waals surface area contributed by atoms with E-state index in [1.165, 1.54) is 49.1 Å². The van der Waals surface area contributed by atoms with Gasteiger partial charge in [-0.25, -0.2) is 4.98 Å². The molecule has 23 heavy (non-hydrogen) atoms. The molecule has 2 fully saturated rings. The zero-order valence-electron chi connectivity index (χ0n) is 13.5. The van der Waals surface area contributed by atoms with Gasteiger partial charge >= 0.3 is 0 Å². The number of anilines is 1. The van der Waals surface area contributed by atoms with Gasteiger partial charge in [0.2, 0.25) is 5.91 Å². The minimum atomic E-state index is 0.180. The van der Waals surface area contributed by atoms with Crippen molar-refractivity contribution in [1.29, 1.82) is 0 Å². The Balaban J connectivity index is 1.31. The number of rotatable bonds is 2. The summed E-state index contributed by atoms with van der Waals surface area (Å²) >= 11 is 1.72. The van der Waals surface area contributed by atoms with Gasteiger partial charge in [0.05, 0.1) is 5.69 Å². The molecule has 3 atom stereocenters. The second-order valence-electron chi connectivity index (χ2n) is 7.88. The summed E-state index contributed by atoms with van der Waals surface area (Å²) in [6, 6.07) is 0. The number of hydrogen-bond acceptors (Lipinski definition) is 3. The van der Waals surface area contributed by atoms with E-state index in [2.05, 4.69) is 17.5 Å². The Morgan fingerprint density at radius 1 is 1.17 bits per heavy atom. The lowest BCUT2D eigenvalue weighted by Crippen LogP contribution is -2.27. The molecule has 1 aromatic rings. The molecule has 0 radical (unpaired) electrons. The van der Waals surface area contributed by atoms with Crippen molar-refractivity contribution in [3.05, 3.63) is 22.7 Å². The maximum atomic E-state index is 12.8. The summed E-state index contributed by atoms with van der Waals surface area (Å²) < 4.78 is 0. The average molecular weight is 328 g/mol. The molecule has 0 saturated heterocycles. The molecule has 2 saturated carbocycles. The van der Waals surface area contributed by atoms with Gasteiger partial charge < -0.3 is 5.32 Å². The number of aromatic nitrogens is 1. The highest BCUT2D eigenvalue weighted by atomic mass is 32.1. The minimum absolute atomic E-state index is 0.180. The number of thiazole rings is 1. The first-order valence-electron chi connectivity index (χ1n) is 9.24. The van der Waals surface area contributed by atoms with Crippen LogP contribution < -0.4 is 5.32 Å². The second-order valence-corrected chi connectivity index (χ2v) is 8.97. The first kappa shape index (κ1) is 14.2. The number of hydrogen-bond donors (Lipinski definition) is 1. The molecule has 1 aromatic heterocycles. The fraction of sp³-hybridized carbons (Fsp3) is 0.684. The third-order valence-corrected chi connectivity index (χ3v) is 7.71. The Morgan fingerprint density at radius 2 is 2.00 bits per heavy atom. The molecule has 0 unspecified atom stereocenters. The fourth-order valence-electron chi connectivity index (χ4n) is 5.23. The van der Waals surface area contributed by atoms with Gasteiger partial charge in [0.25, 0.3) is 0 Å². The standard InChI is InChI=1S/C19H24N2OS/c22-17(13-11-12-7-8-14(13)19(12)9-10-19)21-18-20-15-5-3-1-2-4-6-16(15)23-18/h7-8,12-14H,1-6,9-11H2,(H,20,21,22)/t12-,13+,14-/m1/s1. The zero-order valence-corrected chi connectivity index (χ0v) is 14.3. The number of fused-ring (bicyclic) bond motifs is 1. The SMILES string of the molecule is O=C(Nc1nc2c(s1)CCCCCC2)[C@H]1C[C@H]2C=C[C@H]1C21CC1. The number of aryl methyl sites for hydroxylation is 2. The van der Waals surface area contributed by atoms with Crippen LogP contribution in [0.1, 0.15) is 55.5 Å². The number of allylic oxidation sites excluding steroid dienone is 2. The molecule has 4 aliphatic carbocycles. The molecule has 1 spiro atoms. The van der Waals surface area contributed by atoms with Crippen LogP contribution in [0.5, 0.6) is 0 Å². The Kier molecular flexibility index (Phi) is 3.19. The quantitative estimate of drug-likeness (QED) is 0.820. The molecular formula is C19H24N2OS. The highest BCUT2D eigenvalue weighted by Gasteiger charge is 2.64. The highest BCUT2D eigenvalue weighted by Crippen LogP contribution is 2.70. The predicted octanol–water partition coefficient (Wildman–Crippen LogP) is 4.34. The third kappa shape index (κ3) is 2.21. The Bertz CT molecular complexity index is 647. The first-order chi connectivity index (χ1) is 11.3. The van der Waals surface area contributed by atoms with Crippen molar-refractivity contribution in [2.75, 3.05) is 5.32 Å². The number of nitrogens with zero attached hydrogens (tertiary/aromatic N) is 1. The number of amides is 1. The Morgan fingerprint density at radius 3 is 2.78 bits per heavy atom. The van der Waals surface area contributed by atoms with Crippen LogP contribution in [0.3, 0.4) is 0 Å². The second kappa shape index (κ2) is 5.17. The van der Waals surface area contributed by atoms with Gasteiger partial charge in [0, 0.05) is 10.8 Å². The lowest BCUT2D eigenvalue weighted by molar-refractivity contribution is -0.120. The fourth-order valence-corrected chi connectivity index (χ4v) is 6.28. The number of nitrogens with one attached hydrogen (secondary N) is 1. The summed E-state index contributed by atoms with van der Waals surface area (Å²) in [4.78, 5) is 18.9. The molecule has 3 nitrogen and oxygen atoms in total. The lowest BCUT2D eigenvalue weighted by atomic mass is 9.88. The molecule has 1 amide bonds. The number of carbonyl (C=O) groups excluding carboxylic acids is 1. The lowest BCUT2D eigenvalue weighted by Gasteiger charge is -2.18. The van der Waals surface area contributed by atoms with Crippen LogP contribution in [0, 0.1) is 23.2 Å². The van der Waals surface area contributed by atoms with E-state index in [9.17, 15) is 4.79 Å². The van der Waals surface area contributed by atoms with E-state index < -0.39 is 0 Å². The summed E-state index contributed by atoms with van der Waals surface area (Å²) in [6.45, 7) is 0. The Hall–Kier alpha value is -1.16. The monoisotopic (exact) mass is 328 g/mol. The van der Waals surface area contributed by atoms with Crippen molar-refractivity contribution in [3.63, 3.8) is 0 Å². The summed E-state index contributed by atoms with van der Waals surface area (Å²) in [5.74, 6) is 1.56. The van der Waals surface area contributed by atoms with Crippen LogP contribution in [0.2, 0.25) is 0 Å². The van der Waals surface area contributed by atoms with Gasteiger partial charge in [-0.3, -0.25) is 4.79 Å². The zero-order chi connectivity index (χ0) is 15.4. The van der Waals surface area contributed by atoms with E-state index in [4.69, 9.17) is 4.98 Å². The summed E-state index contributed by atoms with van der Waals surface area (Å²) in [5, 5.41) is 4.01. The van der Waals surface area contributed by atoms with E-state index in [-0.39, 0.29) is 11.8 Å². The van der Waals surface area contributed by atoms with Crippen LogP contribution in [0.15, 0.2) is 12.2 Å². The van der Waals surface area contributed by atoms with Gasteiger partial charge in [-0.1, -0.05) is 25.0 Å². The van der Waals surface area contributed by atoms with Gasteiger partial charge in [0.1, 0.15) is 0 Å². The predicted molar refractivity (Wildman–Crippen MR) is 92.5 cm³/mol. The largest absolute Gasteiger partial charge is 0.302 e. The van der Waals surface area contributed by atoms with Crippen molar-refractivity contribution in [2.45, 2.75) is 57.8 Å². The molecule has 5 rings (SSSR count). The molecular weight excluding hydrogens is 304 g/mol. The van der Waals surface area contributed by atoms with Crippen molar-refractivity contribution < 1.29 is 4.79 Å². The molecule has 4 heteroatoms.